The maximum absolute atomic E-state index is 15.3. The molecule has 0 aliphatic carbocycles. The van der Waals surface area contributed by atoms with Crippen LogP contribution in [0.25, 0.3) is 22.2 Å². The van der Waals surface area contributed by atoms with E-state index < -0.39 is 11.9 Å². The Morgan fingerprint density at radius 1 is 1.06 bits per heavy atom. The maximum atomic E-state index is 15.3. The van der Waals surface area contributed by atoms with Gasteiger partial charge in [0.1, 0.15) is 18.2 Å². The van der Waals surface area contributed by atoms with E-state index in [2.05, 4.69) is 14.9 Å². The first-order valence-corrected chi connectivity index (χ1v) is 11.6. The lowest BCUT2D eigenvalue weighted by atomic mass is 9.94. The van der Waals surface area contributed by atoms with Gasteiger partial charge in [0, 0.05) is 42.8 Å². The fourth-order valence-corrected chi connectivity index (χ4v) is 4.66. The molecule has 1 aliphatic rings. The SMILES string of the molecule is Cc1cc(C(O)c2cc(-c3ncnc4cc(N5CCOCC5)ccc34)c(F)cc2C)n(C)c(=O)c1. The van der Waals surface area contributed by atoms with E-state index in [9.17, 15) is 9.90 Å². The number of aromatic nitrogens is 3. The number of ether oxygens (including phenoxy) is 1. The molecule has 4 aromatic rings. The van der Waals surface area contributed by atoms with Gasteiger partial charge in [0.25, 0.3) is 5.56 Å². The van der Waals surface area contributed by atoms with Crippen LogP contribution in [-0.4, -0.2) is 45.9 Å². The maximum Gasteiger partial charge on any atom is 0.250 e. The molecule has 0 radical (unpaired) electrons. The average Bonchev–Trinajstić information content (AvgIpc) is 2.86. The molecule has 35 heavy (non-hydrogen) atoms. The monoisotopic (exact) mass is 474 g/mol. The fraction of sp³-hybridized carbons (Fsp3) is 0.296. The topological polar surface area (TPSA) is 80.5 Å². The van der Waals surface area contributed by atoms with Crippen molar-refractivity contribution in [3.63, 3.8) is 0 Å². The van der Waals surface area contributed by atoms with E-state index in [0.717, 1.165) is 29.7 Å². The first-order valence-electron chi connectivity index (χ1n) is 11.6. The minimum atomic E-state index is -1.10. The lowest BCUT2D eigenvalue weighted by Crippen LogP contribution is -2.36. The smallest absolute Gasteiger partial charge is 0.250 e. The van der Waals surface area contributed by atoms with E-state index in [1.54, 1.807) is 33.0 Å². The summed E-state index contributed by atoms with van der Waals surface area (Å²) in [5.74, 6) is -0.436. The number of rotatable bonds is 4. The number of hydrogen-bond acceptors (Lipinski definition) is 6. The number of pyridine rings is 1. The standard InChI is InChI=1S/C27H27FN4O3/c1-16-10-24(31(3)25(33)11-16)27(34)20-14-21(22(28)12-17(20)2)26-19-5-4-18(13-23(19)29-15-30-26)32-6-8-35-9-7-32/h4-5,10-15,27,34H,6-9H2,1-3H3. The summed E-state index contributed by atoms with van der Waals surface area (Å²) in [7, 11) is 1.62. The van der Waals surface area contributed by atoms with E-state index in [1.807, 2.05) is 18.2 Å². The third-order valence-corrected chi connectivity index (χ3v) is 6.63. The van der Waals surface area contributed by atoms with Gasteiger partial charge in [-0.15, -0.1) is 0 Å². The molecule has 180 valence electrons. The number of aryl methyl sites for hydroxylation is 2. The Morgan fingerprint density at radius 2 is 1.83 bits per heavy atom. The van der Waals surface area contributed by atoms with Crippen LogP contribution in [0.3, 0.4) is 0 Å². The molecule has 1 saturated heterocycles. The zero-order valence-electron chi connectivity index (χ0n) is 20.0. The second-order valence-corrected chi connectivity index (χ2v) is 8.97. The summed E-state index contributed by atoms with van der Waals surface area (Å²) in [5, 5.41) is 11.9. The molecule has 2 aromatic heterocycles. The van der Waals surface area contributed by atoms with E-state index in [-0.39, 0.29) is 11.1 Å². The van der Waals surface area contributed by atoms with Gasteiger partial charge in [-0.2, -0.15) is 0 Å². The highest BCUT2D eigenvalue weighted by molar-refractivity contribution is 5.94. The second-order valence-electron chi connectivity index (χ2n) is 8.97. The van der Waals surface area contributed by atoms with Gasteiger partial charge in [0.05, 0.1) is 30.1 Å². The fourth-order valence-electron chi connectivity index (χ4n) is 4.66. The molecule has 5 rings (SSSR count). The summed E-state index contributed by atoms with van der Waals surface area (Å²) in [6.45, 7) is 6.51. The largest absolute Gasteiger partial charge is 0.382 e. The van der Waals surface area contributed by atoms with Gasteiger partial charge < -0.3 is 19.3 Å². The van der Waals surface area contributed by atoms with Crippen LogP contribution >= 0.6 is 0 Å². The third-order valence-electron chi connectivity index (χ3n) is 6.63. The zero-order valence-corrected chi connectivity index (χ0v) is 20.0. The van der Waals surface area contributed by atoms with Gasteiger partial charge in [-0.05, 0) is 66.9 Å². The molecule has 1 unspecified atom stereocenters. The highest BCUT2D eigenvalue weighted by atomic mass is 19.1. The van der Waals surface area contributed by atoms with E-state index in [1.165, 1.54) is 23.0 Å². The van der Waals surface area contributed by atoms with Gasteiger partial charge in [0.15, 0.2) is 0 Å². The summed E-state index contributed by atoms with van der Waals surface area (Å²) in [5.41, 5.74) is 4.55. The molecular weight excluding hydrogens is 447 g/mol. The van der Waals surface area contributed by atoms with Gasteiger partial charge in [-0.1, -0.05) is 0 Å². The van der Waals surface area contributed by atoms with Crippen LogP contribution in [0, 0.1) is 19.7 Å². The van der Waals surface area contributed by atoms with Crippen molar-refractivity contribution >= 4 is 16.6 Å². The number of morpholine rings is 1. The first kappa shape index (κ1) is 23.1. The molecule has 0 saturated carbocycles. The van der Waals surface area contributed by atoms with Gasteiger partial charge in [0.2, 0.25) is 0 Å². The van der Waals surface area contributed by atoms with Crippen molar-refractivity contribution < 1.29 is 14.2 Å². The molecule has 1 N–H and O–H groups in total. The first-order chi connectivity index (χ1) is 16.8. The number of anilines is 1. The van der Waals surface area contributed by atoms with Gasteiger partial charge >= 0.3 is 0 Å². The summed E-state index contributed by atoms with van der Waals surface area (Å²) in [6, 6.07) is 12.2. The number of hydrogen-bond donors (Lipinski definition) is 1. The highest BCUT2D eigenvalue weighted by Gasteiger charge is 2.21. The molecule has 1 aliphatic heterocycles. The predicted molar refractivity (Wildman–Crippen MR) is 133 cm³/mol. The van der Waals surface area contributed by atoms with Crippen molar-refractivity contribution in [2.24, 2.45) is 7.05 Å². The van der Waals surface area contributed by atoms with Gasteiger partial charge in [-0.3, -0.25) is 4.79 Å². The van der Waals surface area contributed by atoms with Crippen molar-refractivity contribution in [1.82, 2.24) is 14.5 Å². The normalized spacial score (nSPS) is 14.9. The van der Waals surface area contributed by atoms with Crippen LogP contribution in [0.2, 0.25) is 0 Å². The zero-order chi connectivity index (χ0) is 24.7. The Hall–Kier alpha value is -3.62. The van der Waals surface area contributed by atoms with Crippen molar-refractivity contribution in [1.29, 1.82) is 0 Å². The van der Waals surface area contributed by atoms with Crippen LogP contribution in [0.15, 0.2) is 53.6 Å². The molecular formula is C27H27FN4O3. The van der Waals surface area contributed by atoms with E-state index in [4.69, 9.17) is 4.74 Å². The van der Waals surface area contributed by atoms with Gasteiger partial charge in [-0.25, -0.2) is 14.4 Å². The Bertz CT molecular complexity index is 1480. The van der Waals surface area contributed by atoms with Crippen molar-refractivity contribution in [2.75, 3.05) is 31.2 Å². The molecule has 8 heteroatoms. The van der Waals surface area contributed by atoms with Crippen LogP contribution in [0.4, 0.5) is 10.1 Å². The molecule has 7 nitrogen and oxygen atoms in total. The van der Waals surface area contributed by atoms with Crippen molar-refractivity contribution in [3.05, 3.63) is 87.3 Å². The number of aliphatic hydroxyl groups is 1. The highest BCUT2D eigenvalue weighted by Crippen LogP contribution is 2.34. The number of benzene rings is 2. The molecule has 0 bridgehead atoms. The Balaban J connectivity index is 1.61. The van der Waals surface area contributed by atoms with Crippen LogP contribution in [0.5, 0.6) is 0 Å². The predicted octanol–water partition coefficient (Wildman–Crippen LogP) is 3.67. The quantitative estimate of drug-likeness (QED) is 0.486. The van der Waals surface area contributed by atoms with E-state index in [0.29, 0.717) is 41.2 Å². The van der Waals surface area contributed by atoms with Crippen LogP contribution < -0.4 is 10.5 Å². The van der Waals surface area contributed by atoms with Crippen molar-refractivity contribution in [3.8, 4) is 11.3 Å². The van der Waals surface area contributed by atoms with Crippen LogP contribution in [-0.2, 0) is 11.8 Å². The summed E-state index contributed by atoms with van der Waals surface area (Å²) in [4.78, 5) is 23.3. The molecule has 2 aromatic carbocycles. The summed E-state index contributed by atoms with van der Waals surface area (Å²) < 4.78 is 22.1. The lowest BCUT2D eigenvalue weighted by Gasteiger charge is -2.29. The minimum absolute atomic E-state index is 0.211. The number of aliphatic hydroxyl groups excluding tert-OH is 1. The Kier molecular flexibility index (Phi) is 6.08. The molecule has 1 fully saturated rings. The third kappa shape index (κ3) is 4.31. The van der Waals surface area contributed by atoms with E-state index >= 15 is 4.39 Å². The summed E-state index contributed by atoms with van der Waals surface area (Å²) >= 11 is 0. The molecule has 0 spiro atoms. The minimum Gasteiger partial charge on any atom is -0.382 e. The Morgan fingerprint density at radius 3 is 2.60 bits per heavy atom. The second kappa shape index (κ2) is 9.20. The number of fused-ring (bicyclic) bond motifs is 1. The number of halogens is 1. The number of nitrogens with zero attached hydrogens (tertiary/aromatic N) is 4. The molecule has 3 heterocycles. The Labute approximate surface area is 202 Å². The molecule has 0 amide bonds. The average molecular weight is 475 g/mol. The summed E-state index contributed by atoms with van der Waals surface area (Å²) in [6.07, 6.45) is 0.327. The lowest BCUT2D eigenvalue weighted by molar-refractivity contribution is 0.122. The van der Waals surface area contributed by atoms with Crippen LogP contribution in [0.1, 0.15) is 28.5 Å². The molecule has 1 atom stereocenters. The van der Waals surface area contributed by atoms with Crippen molar-refractivity contribution in [2.45, 2.75) is 20.0 Å².